The predicted octanol–water partition coefficient (Wildman–Crippen LogP) is 10.9. The second-order valence-electron chi connectivity index (χ2n) is 16.0. The highest BCUT2D eigenvalue weighted by atomic mass is 32.2. The van der Waals surface area contributed by atoms with E-state index in [-0.39, 0.29) is 17.5 Å². The molecule has 2 aliphatic heterocycles. The first-order chi connectivity index (χ1) is 23.5. The third-order valence-corrected chi connectivity index (χ3v) is 13.3. The topological polar surface area (TPSA) is 12.5 Å². The molecule has 0 saturated heterocycles. The number of hydrogen-bond acceptors (Lipinski definition) is 4. The SMILES string of the molecule is CC(C)(C)c1ccc(N(c2ccc3c(c2)Oc2cc(C(C)(C)C)cc4c2B3c2c(sc3c2CCCC3)S4)c2cccc3ccccc23)cc1. The first-order valence-corrected chi connectivity index (χ1v) is 19.4. The monoisotopic (exact) mass is 675 g/mol. The molecule has 3 heterocycles. The maximum Gasteiger partial charge on any atom is 0.255 e. The summed E-state index contributed by atoms with van der Waals surface area (Å²) in [7, 11) is 0. The Morgan fingerprint density at radius 3 is 2.20 bits per heavy atom. The summed E-state index contributed by atoms with van der Waals surface area (Å²) in [6, 6.07) is 36.3. The Morgan fingerprint density at radius 1 is 0.673 bits per heavy atom. The smallest absolute Gasteiger partial charge is 0.255 e. The summed E-state index contributed by atoms with van der Waals surface area (Å²) in [4.78, 5) is 5.39. The molecule has 5 heteroatoms. The first kappa shape index (κ1) is 31.1. The van der Waals surface area contributed by atoms with Gasteiger partial charge in [-0.25, -0.2) is 0 Å². The average molecular weight is 676 g/mol. The Hall–Kier alpha value is -3.93. The van der Waals surface area contributed by atoms with Crippen LogP contribution in [0.3, 0.4) is 0 Å². The lowest BCUT2D eigenvalue weighted by Gasteiger charge is -2.35. The van der Waals surface area contributed by atoms with Crippen LogP contribution in [0.2, 0.25) is 0 Å². The number of aryl methyl sites for hydroxylation is 1. The summed E-state index contributed by atoms with van der Waals surface area (Å²) in [6.07, 6.45) is 4.99. The number of hydrogen-bond donors (Lipinski definition) is 0. The highest BCUT2D eigenvalue weighted by Crippen LogP contribution is 2.46. The molecule has 3 aliphatic rings. The van der Waals surface area contributed by atoms with Crippen molar-refractivity contribution in [1.29, 1.82) is 0 Å². The average Bonchev–Trinajstić information content (AvgIpc) is 3.46. The summed E-state index contributed by atoms with van der Waals surface area (Å²) in [6.45, 7) is 14.0. The summed E-state index contributed by atoms with van der Waals surface area (Å²) < 4.78 is 8.57. The molecule has 0 radical (unpaired) electrons. The van der Waals surface area contributed by atoms with Gasteiger partial charge in [0.05, 0.1) is 9.90 Å². The van der Waals surface area contributed by atoms with Crippen LogP contribution in [0.4, 0.5) is 17.1 Å². The molecule has 0 bridgehead atoms. The number of rotatable bonds is 3. The molecule has 5 aromatic carbocycles. The number of fused-ring (bicyclic) bond motifs is 7. The molecular formula is C44H42BNOS2. The molecule has 0 N–H and O–H groups in total. The van der Waals surface area contributed by atoms with Gasteiger partial charge in [-0.2, -0.15) is 0 Å². The van der Waals surface area contributed by atoms with E-state index in [4.69, 9.17) is 4.74 Å². The van der Waals surface area contributed by atoms with Crippen molar-refractivity contribution in [2.24, 2.45) is 0 Å². The van der Waals surface area contributed by atoms with Crippen LogP contribution in [0.1, 0.15) is 76.0 Å². The molecule has 1 aliphatic carbocycles. The lowest BCUT2D eigenvalue weighted by Crippen LogP contribution is -2.58. The molecule has 1 aromatic heterocycles. The van der Waals surface area contributed by atoms with Crippen molar-refractivity contribution in [3.63, 3.8) is 0 Å². The summed E-state index contributed by atoms with van der Waals surface area (Å²) in [5, 5.41) is 2.46. The van der Waals surface area contributed by atoms with Gasteiger partial charge in [0.1, 0.15) is 11.5 Å². The highest BCUT2D eigenvalue weighted by molar-refractivity contribution is 8.02. The molecule has 6 aromatic rings. The molecule has 0 unspecified atom stereocenters. The number of benzene rings is 5. The second kappa shape index (κ2) is 11.3. The van der Waals surface area contributed by atoms with Crippen molar-refractivity contribution in [2.75, 3.05) is 4.90 Å². The molecule has 244 valence electrons. The van der Waals surface area contributed by atoms with E-state index < -0.39 is 0 Å². The van der Waals surface area contributed by atoms with E-state index in [0.717, 1.165) is 22.9 Å². The van der Waals surface area contributed by atoms with E-state index in [1.807, 2.05) is 11.8 Å². The van der Waals surface area contributed by atoms with Crippen LogP contribution in [-0.4, -0.2) is 6.71 Å². The minimum Gasteiger partial charge on any atom is -0.458 e. The van der Waals surface area contributed by atoms with Gasteiger partial charge in [0, 0.05) is 32.6 Å². The van der Waals surface area contributed by atoms with Gasteiger partial charge in [0.25, 0.3) is 6.71 Å². The lowest BCUT2D eigenvalue weighted by molar-refractivity contribution is 0.482. The van der Waals surface area contributed by atoms with Gasteiger partial charge >= 0.3 is 0 Å². The molecule has 0 saturated carbocycles. The summed E-state index contributed by atoms with van der Waals surface area (Å²) in [5.41, 5.74) is 12.0. The molecule has 0 amide bonds. The second-order valence-corrected chi connectivity index (χ2v) is 18.5. The third kappa shape index (κ3) is 5.15. The minimum atomic E-state index is 0.0203. The molecule has 0 fully saturated rings. The van der Waals surface area contributed by atoms with Gasteiger partial charge in [-0.15, -0.1) is 11.3 Å². The Bertz CT molecular complexity index is 2270. The number of nitrogens with zero attached hydrogens (tertiary/aromatic N) is 1. The van der Waals surface area contributed by atoms with E-state index in [1.165, 1.54) is 73.3 Å². The van der Waals surface area contributed by atoms with E-state index in [9.17, 15) is 0 Å². The van der Waals surface area contributed by atoms with Gasteiger partial charge in [-0.1, -0.05) is 108 Å². The molecule has 2 nitrogen and oxygen atoms in total. The Morgan fingerprint density at radius 2 is 1.41 bits per heavy atom. The van der Waals surface area contributed by atoms with Crippen LogP contribution in [-0.2, 0) is 23.7 Å². The van der Waals surface area contributed by atoms with Crippen LogP contribution in [0.25, 0.3) is 10.8 Å². The number of anilines is 3. The zero-order valence-corrected chi connectivity index (χ0v) is 30.9. The largest absolute Gasteiger partial charge is 0.458 e. The molecular weight excluding hydrogens is 633 g/mol. The zero-order valence-electron chi connectivity index (χ0n) is 29.3. The van der Waals surface area contributed by atoms with Crippen LogP contribution >= 0.6 is 23.1 Å². The van der Waals surface area contributed by atoms with Gasteiger partial charge in [-0.3, -0.25) is 0 Å². The van der Waals surface area contributed by atoms with Crippen molar-refractivity contribution in [3.8, 4) is 11.5 Å². The van der Waals surface area contributed by atoms with Crippen LogP contribution in [0, 0.1) is 0 Å². The van der Waals surface area contributed by atoms with Gasteiger partial charge in [0.15, 0.2) is 0 Å². The van der Waals surface area contributed by atoms with E-state index in [2.05, 4.69) is 155 Å². The van der Waals surface area contributed by atoms with E-state index >= 15 is 0 Å². The predicted molar refractivity (Wildman–Crippen MR) is 212 cm³/mol. The lowest BCUT2D eigenvalue weighted by atomic mass is 9.35. The van der Waals surface area contributed by atoms with Crippen molar-refractivity contribution in [3.05, 3.63) is 119 Å². The molecule has 49 heavy (non-hydrogen) atoms. The number of thiophene rings is 1. The Balaban J connectivity index is 1.25. The zero-order chi connectivity index (χ0) is 33.7. The quantitative estimate of drug-likeness (QED) is 0.173. The highest BCUT2D eigenvalue weighted by Gasteiger charge is 2.43. The van der Waals surface area contributed by atoms with E-state index in [1.54, 1.807) is 15.9 Å². The number of ether oxygens (including phenoxy) is 1. The van der Waals surface area contributed by atoms with Crippen molar-refractivity contribution < 1.29 is 4.74 Å². The van der Waals surface area contributed by atoms with Crippen LogP contribution in [0.15, 0.2) is 106 Å². The Labute approximate surface area is 299 Å². The van der Waals surface area contributed by atoms with Crippen LogP contribution < -0.4 is 26.0 Å². The fourth-order valence-corrected chi connectivity index (χ4v) is 11.0. The van der Waals surface area contributed by atoms with Crippen molar-refractivity contribution >= 4 is 74.0 Å². The van der Waals surface area contributed by atoms with Crippen molar-refractivity contribution in [2.45, 2.75) is 87.2 Å². The normalized spacial score (nSPS) is 14.9. The molecule has 0 spiro atoms. The van der Waals surface area contributed by atoms with Crippen molar-refractivity contribution in [1.82, 2.24) is 0 Å². The Kier molecular flexibility index (Phi) is 7.17. The third-order valence-electron chi connectivity index (χ3n) is 10.7. The van der Waals surface area contributed by atoms with Gasteiger partial charge in [-0.05, 0) is 111 Å². The fourth-order valence-electron chi connectivity index (χ4n) is 8.02. The summed E-state index contributed by atoms with van der Waals surface area (Å²) >= 11 is 4.04. The standard InChI is InChI=1S/C44H42BNOS2/c1-43(2,3)28-18-20-30(21-19-28)46(35-16-11-13-27-12-7-8-14-32(27)35)31-22-23-34-36(26-31)47-37-24-29(44(4,5)6)25-39-41(37)45(34)40-33-15-9-10-17-38(33)48-42(40)49-39/h7-8,11-14,16,18-26H,9-10,15,17H2,1-6H3. The fraction of sp³-hybridized carbons (Fsp3) is 0.273. The first-order valence-electron chi connectivity index (χ1n) is 17.8. The van der Waals surface area contributed by atoms with Gasteiger partial charge < -0.3 is 9.64 Å². The molecule has 0 atom stereocenters. The van der Waals surface area contributed by atoms with Gasteiger partial charge in [0.2, 0.25) is 0 Å². The maximum absolute atomic E-state index is 7.07. The minimum absolute atomic E-state index is 0.0203. The van der Waals surface area contributed by atoms with Crippen LogP contribution in [0.5, 0.6) is 11.5 Å². The maximum atomic E-state index is 7.07. The summed E-state index contributed by atoms with van der Waals surface area (Å²) in [5.74, 6) is 1.99. The molecule has 9 rings (SSSR count). The van der Waals surface area contributed by atoms with E-state index in [0.29, 0.717) is 0 Å².